The molecule has 3 nitrogen and oxygen atoms in total. The molecule has 0 spiro atoms. The molecule has 2 aromatic rings. The van der Waals surface area contributed by atoms with E-state index in [0.29, 0.717) is 11.0 Å². The van der Waals surface area contributed by atoms with E-state index in [0.717, 1.165) is 18.6 Å². The molecule has 0 amide bonds. The molecule has 4 heteroatoms. The van der Waals surface area contributed by atoms with Crippen LogP contribution in [-0.2, 0) is 0 Å². The van der Waals surface area contributed by atoms with Gasteiger partial charge >= 0.3 is 0 Å². The van der Waals surface area contributed by atoms with Crippen molar-refractivity contribution < 1.29 is 9.15 Å². The topological polar surface area (TPSA) is 39.4 Å². The van der Waals surface area contributed by atoms with Crippen molar-refractivity contribution in [3.8, 4) is 5.75 Å². The summed E-state index contributed by atoms with van der Waals surface area (Å²) in [6.07, 6.45) is 7.50. The number of hydrogen-bond acceptors (Lipinski definition) is 3. The van der Waals surface area contributed by atoms with Gasteiger partial charge in [-0.3, -0.25) is 4.79 Å². The van der Waals surface area contributed by atoms with Crippen LogP contribution >= 0.6 is 11.6 Å². The third-order valence-corrected chi connectivity index (χ3v) is 3.82. The van der Waals surface area contributed by atoms with Gasteiger partial charge in [0.25, 0.3) is 0 Å². The molecule has 0 unspecified atom stereocenters. The molecule has 0 bridgehead atoms. The summed E-state index contributed by atoms with van der Waals surface area (Å²) in [5.74, 6) is 0.755. The van der Waals surface area contributed by atoms with Gasteiger partial charge in [0.1, 0.15) is 22.6 Å². The van der Waals surface area contributed by atoms with Gasteiger partial charge in [-0.2, -0.15) is 0 Å². The Morgan fingerprint density at radius 1 is 1.21 bits per heavy atom. The number of rotatable bonds is 2. The van der Waals surface area contributed by atoms with Gasteiger partial charge in [-0.15, -0.1) is 0 Å². The Bertz CT molecular complexity index is 641. The molecule has 0 aliphatic heterocycles. The highest BCUT2D eigenvalue weighted by Crippen LogP contribution is 2.25. The molecular weight excluding hydrogens is 264 g/mol. The fourth-order valence-electron chi connectivity index (χ4n) is 2.53. The van der Waals surface area contributed by atoms with Crippen LogP contribution in [0, 0.1) is 0 Å². The quantitative estimate of drug-likeness (QED) is 0.828. The van der Waals surface area contributed by atoms with Crippen LogP contribution in [0.4, 0.5) is 0 Å². The van der Waals surface area contributed by atoms with Crippen LogP contribution in [0.2, 0.25) is 5.02 Å². The van der Waals surface area contributed by atoms with Gasteiger partial charge in [-0.05, 0) is 37.8 Å². The molecule has 1 aliphatic carbocycles. The number of benzene rings is 1. The third-order valence-electron chi connectivity index (χ3n) is 3.56. The molecule has 0 saturated heterocycles. The summed E-state index contributed by atoms with van der Waals surface area (Å²) in [7, 11) is 0. The second-order valence-corrected chi connectivity index (χ2v) is 5.36. The molecule has 1 aromatic carbocycles. The number of hydrogen-bond donors (Lipinski definition) is 0. The van der Waals surface area contributed by atoms with Gasteiger partial charge in [0.15, 0.2) is 0 Å². The maximum atomic E-state index is 11.8. The van der Waals surface area contributed by atoms with Crippen molar-refractivity contribution in [2.24, 2.45) is 0 Å². The van der Waals surface area contributed by atoms with Crippen LogP contribution in [0.25, 0.3) is 11.0 Å². The summed E-state index contributed by atoms with van der Waals surface area (Å²) < 4.78 is 11.3. The first kappa shape index (κ1) is 12.5. The minimum Gasteiger partial charge on any atom is -0.490 e. The molecule has 1 fully saturated rings. The van der Waals surface area contributed by atoms with Gasteiger partial charge in [-0.1, -0.05) is 18.0 Å². The van der Waals surface area contributed by atoms with E-state index in [1.807, 2.05) is 6.07 Å². The molecule has 0 N–H and O–H groups in total. The highest BCUT2D eigenvalue weighted by Gasteiger charge is 2.15. The zero-order chi connectivity index (χ0) is 13.2. The molecule has 1 saturated carbocycles. The van der Waals surface area contributed by atoms with Crippen molar-refractivity contribution in [3.05, 3.63) is 39.7 Å². The van der Waals surface area contributed by atoms with E-state index in [2.05, 4.69) is 0 Å². The van der Waals surface area contributed by atoms with E-state index in [9.17, 15) is 4.79 Å². The molecule has 0 radical (unpaired) electrons. The van der Waals surface area contributed by atoms with Crippen LogP contribution in [-0.4, -0.2) is 6.10 Å². The predicted molar refractivity (Wildman–Crippen MR) is 75.0 cm³/mol. The van der Waals surface area contributed by atoms with Crippen LogP contribution in [0.1, 0.15) is 32.1 Å². The molecule has 19 heavy (non-hydrogen) atoms. The molecule has 0 atom stereocenters. The van der Waals surface area contributed by atoms with E-state index in [-0.39, 0.29) is 16.6 Å². The Labute approximate surface area is 116 Å². The first-order chi connectivity index (χ1) is 9.24. The van der Waals surface area contributed by atoms with Crippen LogP contribution in [0.3, 0.4) is 0 Å². The Kier molecular flexibility index (Phi) is 3.47. The molecular formula is C15H15ClO3. The smallest absolute Gasteiger partial charge is 0.211 e. The fourth-order valence-corrected chi connectivity index (χ4v) is 2.68. The van der Waals surface area contributed by atoms with E-state index < -0.39 is 0 Å². The van der Waals surface area contributed by atoms with Crippen molar-refractivity contribution in [1.82, 2.24) is 0 Å². The Balaban J connectivity index is 1.89. The molecule has 1 aliphatic rings. The average Bonchev–Trinajstić information content (AvgIpc) is 2.44. The summed E-state index contributed by atoms with van der Waals surface area (Å²) in [6.45, 7) is 0. The van der Waals surface area contributed by atoms with Crippen LogP contribution < -0.4 is 10.2 Å². The van der Waals surface area contributed by atoms with Gasteiger partial charge < -0.3 is 9.15 Å². The van der Waals surface area contributed by atoms with E-state index >= 15 is 0 Å². The summed E-state index contributed by atoms with van der Waals surface area (Å²) in [5.41, 5.74) is 0.315. The zero-order valence-electron chi connectivity index (χ0n) is 10.5. The maximum absolute atomic E-state index is 11.8. The van der Waals surface area contributed by atoms with Gasteiger partial charge in [0.05, 0.1) is 11.5 Å². The largest absolute Gasteiger partial charge is 0.490 e. The monoisotopic (exact) mass is 278 g/mol. The fraction of sp³-hybridized carbons (Fsp3) is 0.400. The summed E-state index contributed by atoms with van der Waals surface area (Å²) in [6, 6.07) is 5.29. The molecule has 1 heterocycles. The number of ether oxygens (including phenoxy) is 1. The molecule has 100 valence electrons. The van der Waals surface area contributed by atoms with E-state index in [4.69, 9.17) is 20.8 Å². The van der Waals surface area contributed by atoms with Gasteiger partial charge in [0, 0.05) is 6.07 Å². The second-order valence-electron chi connectivity index (χ2n) is 4.95. The predicted octanol–water partition coefficient (Wildman–Crippen LogP) is 4.16. The first-order valence-electron chi connectivity index (χ1n) is 6.62. The van der Waals surface area contributed by atoms with Gasteiger partial charge in [-0.25, -0.2) is 0 Å². The summed E-state index contributed by atoms with van der Waals surface area (Å²) >= 11 is 5.75. The molecule has 3 rings (SSSR count). The minimum absolute atomic E-state index is 0.105. The van der Waals surface area contributed by atoms with Crippen molar-refractivity contribution in [2.45, 2.75) is 38.2 Å². The first-order valence-corrected chi connectivity index (χ1v) is 6.99. The lowest BCUT2D eigenvalue weighted by atomic mass is 9.98. The number of halogens is 1. The lowest BCUT2D eigenvalue weighted by molar-refractivity contribution is 0.155. The molecule has 1 aromatic heterocycles. The SMILES string of the molecule is O=c1c(Cl)coc2cc(OC3CCCCC3)ccc12. The maximum Gasteiger partial charge on any atom is 0.211 e. The highest BCUT2D eigenvalue weighted by molar-refractivity contribution is 6.30. The van der Waals surface area contributed by atoms with Crippen LogP contribution in [0.5, 0.6) is 5.75 Å². The van der Waals surface area contributed by atoms with Crippen molar-refractivity contribution in [3.63, 3.8) is 0 Å². The highest BCUT2D eigenvalue weighted by atomic mass is 35.5. The Morgan fingerprint density at radius 3 is 2.79 bits per heavy atom. The van der Waals surface area contributed by atoms with E-state index in [1.54, 1.807) is 12.1 Å². The van der Waals surface area contributed by atoms with Crippen molar-refractivity contribution in [2.75, 3.05) is 0 Å². The normalized spacial score (nSPS) is 16.7. The standard InChI is InChI=1S/C15H15ClO3/c16-13-9-18-14-8-11(6-7-12(14)15(13)17)19-10-4-2-1-3-5-10/h6-10H,1-5H2. The van der Waals surface area contributed by atoms with Crippen molar-refractivity contribution >= 4 is 22.6 Å². The lowest BCUT2D eigenvalue weighted by Crippen LogP contribution is -2.19. The summed E-state index contributed by atoms with van der Waals surface area (Å²) in [4.78, 5) is 11.8. The minimum atomic E-state index is -0.202. The second kappa shape index (κ2) is 5.25. The van der Waals surface area contributed by atoms with Crippen LogP contribution in [0.15, 0.2) is 33.7 Å². The Hall–Kier alpha value is -1.48. The van der Waals surface area contributed by atoms with Gasteiger partial charge in [0.2, 0.25) is 5.43 Å². The summed E-state index contributed by atoms with van der Waals surface area (Å²) in [5, 5.41) is 0.594. The third kappa shape index (κ3) is 2.61. The lowest BCUT2D eigenvalue weighted by Gasteiger charge is -2.22. The van der Waals surface area contributed by atoms with Crippen molar-refractivity contribution in [1.29, 1.82) is 0 Å². The number of fused-ring (bicyclic) bond motifs is 1. The Morgan fingerprint density at radius 2 is 2.00 bits per heavy atom. The van der Waals surface area contributed by atoms with E-state index in [1.165, 1.54) is 25.5 Å². The average molecular weight is 279 g/mol. The zero-order valence-corrected chi connectivity index (χ0v) is 11.3.